The van der Waals surface area contributed by atoms with Crippen LogP contribution in [-0.2, 0) is 6.18 Å². The number of hydrogen-bond acceptors (Lipinski definition) is 1. The normalized spacial score (nSPS) is 11.9. The summed E-state index contributed by atoms with van der Waals surface area (Å²) in [5.74, 6) is 0. The molecule has 0 bridgehead atoms. The van der Waals surface area contributed by atoms with E-state index in [-0.39, 0.29) is 11.1 Å². The van der Waals surface area contributed by atoms with E-state index in [4.69, 9.17) is 11.6 Å². The molecule has 1 N–H and O–H groups in total. The molecule has 96 valence electrons. The zero-order valence-corrected chi connectivity index (χ0v) is 10.5. The minimum absolute atomic E-state index is 0.178. The predicted molar refractivity (Wildman–Crippen MR) is 64.4 cm³/mol. The Bertz CT molecular complexity index is 373. The van der Waals surface area contributed by atoms with Crippen LogP contribution in [0.2, 0.25) is 5.02 Å². The third-order valence-electron chi connectivity index (χ3n) is 2.63. The SMILES string of the molecule is CCC(CC)Nc1ccc(Cl)c(C(F)(F)F)c1. The molecule has 5 heteroatoms. The third-order valence-corrected chi connectivity index (χ3v) is 2.96. The molecule has 0 spiro atoms. The molecule has 0 aliphatic rings. The van der Waals surface area contributed by atoms with Gasteiger partial charge in [-0.3, -0.25) is 0 Å². The van der Waals surface area contributed by atoms with Gasteiger partial charge in [-0.1, -0.05) is 25.4 Å². The van der Waals surface area contributed by atoms with Gasteiger partial charge in [-0.15, -0.1) is 0 Å². The molecule has 1 aromatic rings. The Labute approximate surface area is 104 Å². The largest absolute Gasteiger partial charge is 0.417 e. The van der Waals surface area contributed by atoms with Crippen molar-refractivity contribution in [1.82, 2.24) is 0 Å². The van der Waals surface area contributed by atoms with E-state index < -0.39 is 11.7 Å². The van der Waals surface area contributed by atoms with E-state index >= 15 is 0 Å². The second-order valence-corrected chi connectivity index (χ2v) is 4.26. The Morgan fingerprint density at radius 2 is 1.82 bits per heavy atom. The number of alkyl halides is 3. The molecule has 0 atom stereocenters. The maximum absolute atomic E-state index is 12.6. The quantitative estimate of drug-likeness (QED) is 0.811. The van der Waals surface area contributed by atoms with E-state index in [1.54, 1.807) is 6.07 Å². The van der Waals surface area contributed by atoms with Crippen molar-refractivity contribution >= 4 is 17.3 Å². The first kappa shape index (κ1) is 14.2. The first-order valence-electron chi connectivity index (χ1n) is 5.51. The highest BCUT2D eigenvalue weighted by Gasteiger charge is 2.33. The molecule has 0 heterocycles. The van der Waals surface area contributed by atoms with Gasteiger partial charge in [-0.05, 0) is 31.0 Å². The lowest BCUT2D eigenvalue weighted by molar-refractivity contribution is -0.137. The topological polar surface area (TPSA) is 12.0 Å². The molecule has 1 rings (SSSR count). The van der Waals surface area contributed by atoms with Crippen LogP contribution in [0.3, 0.4) is 0 Å². The highest BCUT2D eigenvalue weighted by Crippen LogP contribution is 2.36. The lowest BCUT2D eigenvalue weighted by atomic mass is 10.1. The van der Waals surface area contributed by atoms with Crippen LogP contribution in [0.1, 0.15) is 32.3 Å². The summed E-state index contributed by atoms with van der Waals surface area (Å²) in [7, 11) is 0. The van der Waals surface area contributed by atoms with Crippen molar-refractivity contribution < 1.29 is 13.2 Å². The fraction of sp³-hybridized carbons (Fsp3) is 0.500. The van der Waals surface area contributed by atoms with E-state index in [1.807, 2.05) is 13.8 Å². The monoisotopic (exact) mass is 265 g/mol. The number of benzene rings is 1. The molecule has 0 unspecified atom stereocenters. The van der Waals surface area contributed by atoms with Gasteiger partial charge >= 0.3 is 6.18 Å². The molecule has 0 radical (unpaired) electrons. The maximum atomic E-state index is 12.6. The van der Waals surface area contributed by atoms with Gasteiger partial charge in [0.05, 0.1) is 10.6 Å². The van der Waals surface area contributed by atoms with Gasteiger partial charge in [0.25, 0.3) is 0 Å². The molecule has 0 saturated heterocycles. The summed E-state index contributed by atoms with van der Waals surface area (Å²) in [5, 5.41) is 2.79. The first-order chi connectivity index (χ1) is 7.88. The molecular weight excluding hydrogens is 251 g/mol. The minimum atomic E-state index is -4.41. The minimum Gasteiger partial charge on any atom is -0.382 e. The third kappa shape index (κ3) is 3.80. The van der Waals surface area contributed by atoms with Gasteiger partial charge in [-0.25, -0.2) is 0 Å². The van der Waals surface area contributed by atoms with Crippen molar-refractivity contribution in [2.75, 3.05) is 5.32 Å². The predicted octanol–water partition coefficient (Wildman–Crippen LogP) is 4.96. The summed E-state index contributed by atoms with van der Waals surface area (Å²) in [4.78, 5) is 0. The molecule has 17 heavy (non-hydrogen) atoms. The van der Waals surface area contributed by atoms with Crippen molar-refractivity contribution in [2.24, 2.45) is 0 Å². The molecule has 0 aromatic heterocycles. The van der Waals surface area contributed by atoms with E-state index in [2.05, 4.69) is 5.32 Å². The fourth-order valence-electron chi connectivity index (χ4n) is 1.56. The summed E-state index contributed by atoms with van der Waals surface area (Å²) >= 11 is 5.54. The van der Waals surface area contributed by atoms with Crippen molar-refractivity contribution in [3.05, 3.63) is 28.8 Å². The average Bonchev–Trinajstić information content (AvgIpc) is 2.26. The summed E-state index contributed by atoms with van der Waals surface area (Å²) in [6.45, 7) is 3.98. The summed E-state index contributed by atoms with van der Waals surface area (Å²) < 4.78 is 37.9. The summed E-state index contributed by atoms with van der Waals surface area (Å²) in [5.41, 5.74) is -0.342. The number of nitrogens with one attached hydrogen (secondary N) is 1. The Hall–Kier alpha value is -0.900. The molecule has 0 amide bonds. The second kappa shape index (κ2) is 5.63. The van der Waals surface area contributed by atoms with Crippen LogP contribution in [-0.4, -0.2) is 6.04 Å². The molecular formula is C12H15ClF3N. The van der Waals surface area contributed by atoms with Crippen LogP contribution in [0.4, 0.5) is 18.9 Å². The smallest absolute Gasteiger partial charge is 0.382 e. The number of hydrogen-bond donors (Lipinski definition) is 1. The van der Waals surface area contributed by atoms with Gasteiger partial charge in [0.15, 0.2) is 0 Å². The van der Waals surface area contributed by atoms with Crippen molar-refractivity contribution in [3.63, 3.8) is 0 Å². The van der Waals surface area contributed by atoms with Gasteiger partial charge in [0.2, 0.25) is 0 Å². The van der Waals surface area contributed by atoms with Crippen LogP contribution in [0, 0.1) is 0 Å². The Kier molecular flexibility index (Phi) is 4.69. The van der Waals surface area contributed by atoms with Crippen LogP contribution >= 0.6 is 11.6 Å². The Morgan fingerprint density at radius 1 is 1.24 bits per heavy atom. The highest BCUT2D eigenvalue weighted by molar-refractivity contribution is 6.31. The molecule has 0 fully saturated rings. The van der Waals surface area contributed by atoms with Crippen molar-refractivity contribution in [2.45, 2.75) is 38.9 Å². The van der Waals surface area contributed by atoms with Gasteiger partial charge < -0.3 is 5.32 Å². The van der Waals surface area contributed by atoms with Crippen LogP contribution in [0.5, 0.6) is 0 Å². The standard InChI is InChI=1S/C12H15ClF3N/c1-3-8(4-2)17-9-5-6-11(13)10(7-9)12(14,15)16/h5-8,17H,3-4H2,1-2H3. The maximum Gasteiger partial charge on any atom is 0.417 e. The van der Waals surface area contributed by atoms with Gasteiger partial charge in [0.1, 0.15) is 0 Å². The number of anilines is 1. The number of rotatable bonds is 4. The summed E-state index contributed by atoms with van der Waals surface area (Å²) in [6, 6.07) is 4.07. The summed E-state index contributed by atoms with van der Waals surface area (Å²) in [6.07, 6.45) is -2.69. The van der Waals surface area contributed by atoms with Gasteiger partial charge in [-0.2, -0.15) is 13.2 Å². The van der Waals surface area contributed by atoms with E-state index in [1.165, 1.54) is 6.07 Å². The zero-order chi connectivity index (χ0) is 13.1. The molecule has 0 aliphatic carbocycles. The van der Waals surface area contributed by atoms with Crippen LogP contribution < -0.4 is 5.32 Å². The highest BCUT2D eigenvalue weighted by atomic mass is 35.5. The lowest BCUT2D eigenvalue weighted by Crippen LogP contribution is -2.17. The van der Waals surface area contributed by atoms with E-state index in [0.29, 0.717) is 5.69 Å². The molecule has 1 nitrogen and oxygen atoms in total. The van der Waals surface area contributed by atoms with E-state index in [0.717, 1.165) is 18.9 Å². The van der Waals surface area contributed by atoms with Crippen molar-refractivity contribution in [1.29, 1.82) is 0 Å². The van der Waals surface area contributed by atoms with E-state index in [9.17, 15) is 13.2 Å². The van der Waals surface area contributed by atoms with Crippen LogP contribution in [0.15, 0.2) is 18.2 Å². The average molecular weight is 266 g/mol. The molecule has 0 aliphatic heterocycles. The first-order valence-corrected chi connectivity index (χ1v) is 5.89. The van der Waals surface area contributed by atoms with Crippen LogP contribution in [0.25, 0.3) is 0 Å². The molecule has 1 aromatic carbocycles. The zero-order valence-electron chi connectivity index (χ0n) is 9.74. The molecule has 0 saturated carbocycles. The number of halogens is 4. The van der Waals surface area contributed by atoms with Crippen molar-refractivity contribution in [3.8, 4) is 0 Å². The Morgan fingerprint density at radius 3 is 2.29 bits per heavy atom. The van der Waals surface area contributed by atoms with Gasteiger partial charge in [0, 0.05) is 11.7 Å². The lowest BCUT2D eigenvalue weighted by Gasteiger charge is -2.18. The Balaban J connectivity index is 2.97. The second-order valence-electron chi connectivity index (χ2n) is 3.85. The fourth-order valence-corrected chi connectivity index (χ4v) is 1.79.